The highest BCUT2D eigenvalue weighted by atomic mass is 16.5. The lowest BCUT2D eigenvalue weighted by Crippen LogP contribution is -2.47. The fraction of sp³-hybridized carbons (Fsp3) is 0.667. The van der Waals surface area contributed by atoms with Crippen LogP contribution in [0.25, 0.3) is 0 Å². The summed E-state index contributed by atoms with van der Waals surface area (Å²) in [7, 11) is 4.08. The number of rotatable bonds is 6. The van der Waals surface area contributed by atoms with E-state index in [9.17, 15) is 4.79 Å². The van der Waals surface area contributed by atoms with Crippen LogP contribution in [-0.4, -0.2) is 50.3 Å². The van der Waals surface area contributed by atoms with Gasteiger partial charge in [-0.2, -0.15) is 0 Å². The van der Waals surface area contributed by atoms with E-state index in [1.165, 1.54) is 24.9 Å². The Kier molecular flexibility index (Phi) is 6.78. The van der Waals surface area contributed by atoms with Gasteiger partial charge in [0.05, 0.1) is 6.10 Å². The molecule has 1 saturated heterocycles. The topological polar surface area (TPSA) is 44.8 Å². The van der Waals surface area contributed by atoms with Gasteiger partial charge in [0.2, 0.25) is 0 Å². The third-order valence-corrected chi connectivity index (χ3v) is 5.49. The molecule has 1 heterocycles. The summed E-state index contributed by atoms with van der Waals surface area (Å²) in [6, 6.07) is 8.85. The van der Waals surface area contributed by atoms with Crippen molar-refractivity contribution in [3.63, 3.8) is 0 Å². The molecule has 0 spiro atoms. The van der Waals surface area contributed by atoms with E-state index in [0.29, 0.717) is 19.1 Å². The van der Waals surface area contributed by atoms with E-state index >= 15 is 0 Å². The second-order valence-corrected chi connectivity index (χ2v) is 7.86. The van der Waals surface area contributed by atoms with E-state index in [-0.39, 0.29) is 12.1 Å². The summed E-state index contributed by atoms with van der Waals surface area (Å²) < 4.78 is 5.78. The first-order valence-corrected chi connectivity index (χ1v) is 10.0. The van der Waals surface area contributed by atoms with Crippen molar-refractivity contribution in [2.24, 2.45) is 0 Å². The molecule has 1 atom stereocenters. The van der Waals surface area contributed by atoms with Crippen LogP contribution in [0.2, 0.25) is 0 Å². The molecule has 0 radical (unpaired) electrons. The number of nitrogens with zero attached hydrogens (tertiary/aromatic N) is 2. The van der Waals surface area contributed by atoms with E-state index < -0.39 is 0 Å². The number of amides is 2. The first-order chi connectivity index (χ1) is 12.6. The van der Waals surface area contributed by atoms with Crippen LogP contribution in [0.4, 0.5) is 10.5 Å². The molecule has 1 aliphatic heterocycles. The van der Waals surface area contributed by atoms with Crippen LogP contribution in [0.3, 0.4) is 0 Å². The Hall–Kier alpha value is -1.75. The Bertz CT molecular complexity index is 561. The lowest BCUT2D eigenvalue weighted by molar-refractivity contribution is 0.0785. The highest BCUT2D eigenvalue weighted by molar-refractivity contribution is 5.74. The molecule has 3 rings (SSSR count). The average molecular weight is 360 g/mol. The van der Waals surface area contributed by atoms with Gasteiger partial charge in [-0.15, -0.1) is 0 Å². The van der Waals surface area contributed by atoms with Crippen molar-refractivity contribution < 1.29 is 9.53 Å². The second kappa shape index (κ2) is 9.26. The first kappa shape index (κ1) is 19.0. The molecule has 2 aliphatic rings. The van der Waals surface area contributed by atoms with Gasteiger partial charge in [-0.05, 0) is 43.4 Å². The van der Waals surface area contributed by atoms with Crippen molar-refractivity contribution in [3.8, 4) is 0 Å². The predicted molar refractivity (Wildman–Crippen MR) is 106 cm³/mol. The molecular weight excluding hydrogens is 326 g/mol. The van der Waals surface area contributed by atoms with Gasteiger partial charge in [-0.25, -0.2) is 4.79 Å². The second-order valence-electron chi connectivity index (χ2n) is 7.86. The van der Waals surface area contributed by atoms with Crippen LogP contribution < -0.4 is 10.2 Å². The van der Waals surface area contributed by atoms with Gasteiger partial charge < -0.3 is 19.9 Å². The molecule has 1 aliphatic carbocycles. The molecular formula is C21H33N3O2. The van der Waals surface area contributed by atoms with Crippen molar-refractivity contribution in [1.82, 2.24) is 10.2 Å². The minimum atomic E-state index is 0.0593. The van der Waals surface area contributed by atoms with E-state index in [1.807, 2.05) is 19.0 Å². The monoisotopic (exact) mass is 359 g/mol. The number of carbonyl (C=O) groups is 1. The van der Waals surface area contributed by atoms with Crippen molar-refractivity contribution in [2.45, 2.75) is 63.6 Å². The minimum Gasteiger partial charge on any atom is -0.378 e. The van der Waals surface area contributed by atoms with Gasteiger partial charge in [0.1, 0.15) is 0 Å². The molecule has 0 bridgehead atoms. The lowest BCUT2D eigenvalue weighted by Gasteiger charge is -2.30. The zero-order chi connectivity index (χ0) is 18.4. The zero-order valence-electron chi connectivity index (χ0n) is 16.2. The summed E-state index contributed by atoms with van der Waals surface area (Å²) in [5, 5.41) is 3.27. The summed E-state index contributed by atoms with van der Waals surface area (Å²) in [6.45, 7) is 2.13. The van der Waals surface area contributed by atoms with Crippen LogP contribution >= 0.6 is 0 Å². The Morgan fingerprint density at radius 2 is 1.81 bits per heavy atom. The quantitative estimate of drug-likeness (QED) is 0.841. The van der Waals surface area contributed by atoms with E-state index in [0.717, 1.165) is 37.9 Å². The third-order valence-electron chi connectivity index (χ3n) is 5.49. The van der Waals surface area contributed by atoms with Crippen molar-refractivity contribution in [3.05, 3.63) is 29.8 Å². The van der Waals surface area contributed by atoms with Gasteiger partial charge >= 0.3 is 6.03 Å². The zero-order valence-corrected chi connectivity index (χ0v) is 16.2. The number of carbonyl (C=O) groups excluding carboxylic acids is 1. The van der Waals surface area contributed by atoms with Crippen LogP contribution in [0.15, 0.2) is 24.3 Å². The van der Waals surface area contributed by atoms with Crippen LogP contribution in [0, 0.1) is 0 Å². The summed E-state index contributed by atoms with van der Waals surface area (Å²) >= 11 is 0. The normalized spacial score (nSPS) is 20.8. The number of nitrogens with one attached hydrogen (secondary N) is 1. The van der Waals surface area contributed by atoms with Crippen LogP contribution in [0.1, 0.15) is 50.5 Å². The van der Waals surface area contributed by atoms with Crippen molar-refractivity contribution in [2.75, 3.05) is 32.1 Å². The molecule has 2 fully saturated rings. The minimum absolute atomic E-state index is 0.0593. The predicted octanol–water partition coefficient (Wildman–Crippen LogP) is 3.78. The Balaban J connectivity index is 1.64. The molecule has 1 aromatic carbocycles. The van der Waals surface area contributed by atoms with Crippen LogP contribution in [-0.2, 0) is 11.3 Å². The standard InChI is InChI=1S/C21H33N3O2/c1-23(2)19-12-10-17(11-13-19)15-24(16-20-9-6-14-26-20)21(25)22-18-7-4-3-5-8-18/h10-13,18,20H,3-9,14-16H2,1-2H3,(H,22,25)/t20-/m1/s1. The maximum Gasteiger partial charge on any atom is 0.318 e. The maximum absolute atomic E-state index is 12.9. The van der Waals surface area contributed by atoms with Gasteiger partial charge in [0, 0.05) is 45.5 Å². The number of urea groups is 1. The number of hydrogen-bond donors (Lipinski definition) is 1. The third kappa shape index (κ3) is 5.37. The lowest BCUT2D eigenvalue weighted by atomic mass is 9.96. The number of benzene rings is 1. The Labute approximate surface area is 157 Å². The molecule has 0 aromatic heterocycles. The summed E-state index contributed by atoms with van der Waals surface area (Å²) in [5.74, 6) is 0. The average Bonchev–Trinajstić information content (AvgIpc) is 3.15. The Morgan fingerprint density at radius 3 is 2.42 bits per heavy atom. The maximum atomic E-state index is 12.9. The molecule has 5 nitrogen and oxygen atoms in total. The Morgan fingerprint density at radius 1 is 1.08 bits per heavy atom. The summed E-state index contributed by atoms with van der Waals surface area (Å²) in [6.07, 6.45) is 8.28. The van der Waals surface area contributed by atoms with Crippen LogP contribution in [0.5, 0.6) is 0 Å². The molecule has 1 saturated carbocycles. The fourth-order valence-electron chi connectivity index (χ4n) is 3.89. The number of ether oxygens (including phenoxy) is 1. The van der Waals surface area contributed by atoms with Gasteiger partial charge in [0.15, 0.2) is 0 Å². The van der Waals surface area contributed by atoms with E-state index in [1.54, 1.807) is 0 Å². The number of hydrogen-bond acceptors (Lipinski definition) is 3. The van der Waals surface area contributed by atoms with Gasteiger partial charge in [0.25, 0.3) is 0 Å². The molecule has 26 heavy (non-hydrogen) atoms. The van der Waals surface area contributed by atoms with Gasteiger partial charge in [-0.1, -0.05) is 31.4 Å². The SMILES string of the molecule is CN(C)c1ccc(CN(C[C@H]2CCCO2)C(=O)NC2CCCCC2)cc1. The molecule has 5 heteroatoms. The van der Waals surface area contributed by atoms with Crippen molar-refractivity contribution >= 4 is 11.7 Å². The first-order valence-electron chi connectivity index (χ1n) is 10.0. The van der Waals surface area contributed by atoms with Gasteiger partial charge in [-0.3, -0.25) is 0 Å². The molecule has 1 aromatic rings. The fourth-order valence-corrected chi connectivity index (χ4v) is 3.89. The summed E-state index contributed by atoms with van der Waals surface area (Å²) in [4.78, 5) is 17.0. The molecule has 0 unspecified atom stereocenters. The summed E-state index contributed by atoms with van der Waals surface area (Å²) in [5.41, 5.74) is 2.33. The van der Waals surface area contributed by atoms with E-state index in [2.05, 4.69) is 34.5 Å². The number of anilines is 1. The highest BCUT2D eigenvalue weighted by Crippen LogP contribution is 2.20. The largest absolute Gasteiger partial charge is 0.378 e. The molecule has 1 N–H and O–H groups in total. The van der Waals surface area contributed by atoms with E-state index in [4.69, 9.17) is 4.74 Å². The molecule has 2 amide bonds. The smallest absolute Gasteiger partial charge is 0.318 e. The highest BCUT2D eigenvalue weighted by Gasteiger charge is 2.25. The molecule has 144 valence electrons. The van der Waals surface area contributed by atoms with Crippen molar-refractivity contribution in [1.29, 1.82) is 0 Å².